The molecule has 0 fully saturated rings. The second kappa shape index (κ2) is 4.52. The highest BCUT2D eigenvalue weighted by Crippen LogP contribution is 2.24. The van der Waals surface area contributed by atoms with Gasteiger partial charge < -0.3 is 9.62 Å². The number of rotatable bonds is 2. The van der Waals surface area contributed by atoms with Crippen LogP contribution in [0.1, 0.15) is 18.1 Å². The maximum atomic E-state index is 11.8. The largest absolute Gasteiger partial charge is 0.422 e. The zero-order valence-corrected chi connectivity index (χ0v) is 10.2. The molecule has 1 aromatic carbocycles. The molecule has 1 N–H and O–H groups in total. The summed E-state index contributed by atoms with van der Waals surface area (Å²) in [5.41, 5.74) is 0.186. The number of non-ortho nitro benzene ring substituents is 1. The van der Waals surface area contributed by atoms with Gasteiger partial charge in [0.2, 0.25) is 0 Å². The quantitative estimate of drug-likeness (QED) is 0.293. The monoisotopic (exact) mass is 262 g/mol. The Morgan fingerprint density at radius 1 is 1.47 bits per heavy atom. The Morgan fingerprint density at radius 3 is 2.74 bits per heavy atom. The number of nitrogens with zero attached hydrogens (tertiary/aromatic N) is 2. The molecular formula is C12H10N2O5. The van der Waals surface area contributed by atoms with Crippen molar-refractivity contribution in [3.63, 3.8) is 0 Å². The molecule has 0 saturated carbocycles. The van der Waals surface area contributed by atoms with Gasteiger partial charge in [0, 0.05) is 17.5 Å². The van der Waals surface area contributed by atoms with Gasteiger partial charge in [0.05, 0.1) is 16.2 Å². The predicted octanol–water partition coefficient (Wildman–Crippen LogP) is 2.21. The Bertz CT molecular complexity index is 761. The third kappa shape index (κ3) is 2.05. The van der Waals surface area contributed by atoms with Gasteiger partial charge in [-0.1, -0.05) is 5.16 Å². The second-order valence-electron chi connectivity index (χ2n) is 4.01. The molecule has 0 radical (unpaired) electrons. The first-order valence-corrected chi connectivity index (χ1v) is 5.36. The zero-order chi connectivity index (χ0) is 14.2. The van der Waals surface area contributed by atoms with E-state index in [-0.39, 0.29) is 22.5 Å². The van der Waals surface area contributed by atoms with Crippen LogP contribution >= 0.6 is 0 Å². The summed E-state index contributed by atoms with van der Waals surface area (Å²) in [4.78, 5) is 22.0. The first kappa shape index (κ1) is 12.7. The van der Waals surface area contributed by atoms with Gasteiger partial charge in [-0.15, -0.1) is 0 Å². The van der Waals surface area contributed by atoms with Crippen LogP contribution in [0, 0.1) is 17.0 Å². The van der Waals surface area contributed by atoms with Crippen molar-refractivity contribution in [2.45, 2.75) is 13.8 Å². The summed E-state index contributed by atoms with van der Waals surface area (Å²) >= 11 is 0. The van der Waals surface area contributed by atoms with Crippen LogP contribution in [-0.2, 0) is 0 Å². The molecule has 19 heavy (non-hydrogen) atoms. The van der Waals surface area contributed by atoms with Crippen LogP contribution in [0.5, 0.6) is 0 Å². The molecule has 0 bridgehead atoms. The summed E-state index contributed by atoms with van der Waals surface area (Å²) in [7, 11) is 0. The third-order valence-corrected chi connectivity index (χ3v) is 2.87. The maximum absolute atomic E-state index is 11.8. The Balaban J connectivity index is 2.88. The number of nitro benzene ring substituents is 1. The number of hydrogen-bond donors (Lipinski definition) is 1. The lowest BCUT2D eigenvalue weighted by atomic mass is 10.0. The number of aryl methyl sites for hydroxylation is 1. The van der Waals surface area contributed by atoms with Crippen LogP contribution in [0.4, 0.5) is 5.69 Å². The van der Waals surface area contributed by atoms with Gasteiger partial charge in [-0.25, -0.2) is 4.79 Å². The average molecular weight is 262 g/mol. The van der Waals surface area contributed by atoms with Gasteiger partial charge in [-0.2, -0.15) is 0 Å². The first-order chi connectivity index (χ1) is 8.95. The number of nitro groups is 1. The van der Waals surface area contributed by atoms with Crippen molar-refractivity contribution >= 4 is 22.4 Å². The van der Waals surface area contributed by atoms with E-state index in [0.29, 0.717) is 10.9 Å². The highest BCUT2D eigenvalue weighted by molar-refractivity contribution is 6.02. The maximum Gasteiger partial charge on any atom is 0.345 e. The fraction of sp³-hybridized carbons (Fsp3) is 0.167. The molecule has 0 aliphatic carbocycles. The van der Waals surface area contributed by atoms with Gasteiger partial charge in [0.25, 0.3) is 5.69 Å². The van der Waals surface area contributed by atoms with Crippen LogP contribution < -0.4 is 5.63 Å². The Morgan fingerprint density at radius 2 is 2.16 bits per heavy atom. The van der Waals surface area contributed by atoms with Crippen molar-refractivity contribution in [2.75, 3.05) is 0 Å². The molecule has 7 heteroatoms. The van der Waals surface area contributed by atoms with E-state index in [2.05, 4.69) is 5.16 Å². The molecule has 0 aliphatic rings. The van der Waals surface area contributed by atoms with Crippen molar-refractivity contribution in [1.29, 1.82) is 0 Å². The van der Waals surface area contributed by atoms with Gasteiger partial charge >= 0.3 is 5.63 Å². The third-order valence-electron chi connectivity index (χ3n) is 2.87. The molecule has 1 aromatic heterocycles. The van der Waals surface area contributed by atoms with E-state index in [1.165, 1.54) is 25.1 Å². The lowest BCUT2D eigenvalue weighted by Gasteiger charge is -2.06. The SMILES string of the molecule is C/C(=N/O)c1c(C)c2cc([N+](=O)[O-])ccc2oc1=O. The molecule has 0 saturated heterocycles. The van der Waals surface area contributed by atoms with Crippen LogP contribution in [0.15, 0.2) is 32.6 Å². The van der Waals surface area contributed by atoms with E-state index in [0.717, 1.165) is 0 Å². The zero-order valence-electron chi connectivity index (χ0n) is 10.2. The summed E-state index contributed by atoms with van der Waals surface area (Å²) in [5.74, 6) is 0. The molecule has 0 spiro atoms. The minimum atomic E-state index is -0.644. The number of hydrogen-bond acceptors (Lipinski definition) is 6. The number of oxime groups is 1. The molecule has 2 aromatic rings. The van der Waals surface area contributed by atoms with Crippen molar-refractivity contribution in [3.8, 4) is 0 Å². The average Bonchev–Trinajstić information content (AvgIpc) is 2.37. The Kier molecular flexibility index (Phi) is 3.04. The molecule has 0 atom stereocenters. The molecule has 7 nitrogen and oxygen atoms in total. The smallest absolute Gasteiger partial charge is 0.345 e. The molecule has 2 rings (SSSR count). The number of benzene rings is 1. The van der Waals surface area contributed by atoms with Crippen LogP contribution in [0.3, 0.4) is 0 Å². The fourth-order valence-corrected chi connectivity index (χ4v) is 1.92. The van der Waals surface area contributed by atoms with Crippen molar-refractivity contribution in [2.24, 2.45) is 5.16 Å². The molecule has 0 amide bonds. The van der Waals surface area contributed by atoms with Gasteiger partial charge in [0.1, 0.15) is 5.58 Å². The Labute approximate surface area is 106 Å². The summed E-state index contributed by atoms with van der Waals surface area (Å²) in [6.45, 7) is 3.06. The number of fused-ring (bicyclic) bond motifs is 1. The summed E-state index contributed by atoms with van der Waals surface area (Å²) < 4.78 is 5.06. The van der Waals surface area contributed by atoms with Crippen molar-refractivity contribution < 1.29 is 14.5 Å². The minimum absolute atomic E-state index is 0.0969. The normalized spacial score (nSPS) is 11.8. The van der Waals surface area contributed by atoms with E-state index in [4.69, 9.17) is 9.62 Å². The van der Waals surface area contributed by atoms with Crippen LogP contribution in [0.2, 0.25) is 0 Å². The summed E-state index contributed by atoms with van der Waals surface area (Å²) in [6, 6.07) is 3.95. The van der Waals surface area contributed by atoms with Gasteiger partial charge in [-0.05, 0) is 25.5 Å². The molecule has 1 heterocycles. The van der Waals surface area contributed by atoms with Crippen LogP contribution in [-0.4, -0.2) is 15.8 Å². The second-order valence-corrected chi connectivity index (χ2v) is 4.01. The van der Waals surface area contributed by atoms with E-state index in [1.807, 2.05) is 0 Å². The van der Waals surface area contributed by atoms with Gasteiger partial charge in [0.15, 0.2) is 0 Å². The van der Waals surface area contributed by atoms with Gasteiger partial charge in [-0.3, -0.25) is 10.1 Å². The van der Waals surface area contributed by atoms with E-state index in [9.17, 15) is 14.9 Å². The fourth-order valence-electron chi connectivity index (χ4n) is 1.92. The topological polar surface area (TPSA) is 106 Å². The highest BCUT2D eigenvalue weighted by atomic mass is 16.6. The minimum Gasteiger partial charge on any atom is -0.422 e. The van der Waals surface area contributed by atoms with E-state index < -0.39 is 10.5 Å². The van der Waals surface area contributed by atoms with E-state index >= 15 is 0 Å². The van der Waals surface area contributed by atoms with E-state index in [1.54, 1.807) is 6.92 Å². The van der Waals surface area contributed by atoms with Crippen molar-refractivity contribution in [1.82, 2.24) is 0 Å². The predicted molar refractivity (Wildman–Crippen MR) is 67.9 cm³/mol. The lowest BCUT2D eigenvalue weighted by molar-refractivity contribution is -0.384. The first-order valence-electron chi connectivity index (χ1n) is 5.36. The summed E-state index contributed by atoms with van der Waals surface area (Å²) in [6.07, 6.45) is 0. The lowest BCUT2D eigenvalue weighted by Crippen LogP contribution is -2.15. The molecule has 98 valence electrons. The summed E-state index contributed by atoms with van der Waals surface area (Å²) in [5, 5.41) is 22.9. The Hall–Kier alpha value is -2.70. The standard InChI is InChI=1S/C12H10N2O5/c1-6-9-5-8(14(17)18)3-4-10(9)19-12(15)11(6)7(2)13-16/h3-5,16H,1-2H3/b13-7-. The van der Waals surface area contributed by atoms with Crippen molar-refractivity contribution in [3.05, 3.63) is 49.9 Å². The molecule has 0 unspecified atom stereocenters. The van der Waals surface area contributed by atoms with Crippen LogP contribution in [0.25, 0.3) is 11.0 Å². The highest BCUT2D eigenvalue weighted by Gasteiger charge is 2.16. The molecule has 0 aliphatic heterocycles. The molecular weight excluding hydrogens is 252 g/mol.